The van der Waals surface area contributed by atoms with E-state index in [1.54, 1.807) is 31.0 Å². The van der Waals surface area contributed by atoms with Crippen LogP contribution in [0.5, 0.6) is 5.75 Å². The first-order valence-corrected chi connectivity index (χ1v) is 10.4. The summed E-state index contributed by atoms with van der Waals surface area (Å²) in [5, 5.41) is 10.8. The molecular formula is C23H23ClN4O4. The van der Waals surface area contributed by atoms with Crippen LogP contribution in [0.3, 0.4) is 0 Å². The Kier molecular flexibility index (Phi) is 6.16. The molecular weight excluding hydrogens is 432 g/mol. The zero-order chi connectivity index (χ0) is 22.8. The molecule has 0 spiro atoms. The molecule has 0 saturated heterocycles. The van der Waals surface area contributed by atoms with Crippen molar-refractivity contribution in [3.05, 3.63) is 58.7 Å². The van der Waals surface area contributed by atoms with E-state index in [-0.39, 0.29) is 24.8 Å². The van der Waals surface area contributed by atoms with Crippen LogP contribution in [0.25, 0.3) is 11.1 Å². The number of aromatic nitrogens is 2. The van der Waals surface area contributed by atoms with E-state index in [9.17, 15) is 9.59 Å². The number of hydrogen-bond acceptors (Lipinski definition) is 5. The summed E-state index contributed by atoms with van der Waals surface area (Å²) in [6.45, 7) is 2.13. The van der Waals surface area contributed by atoms with Crippen molar-refractivity contribution in [2.45, 2.75) is 26.0 Å². The lowest BCUT2D eigenvalue weighted by Gasteiger charge is -2.12. The summed E-state index contributed by atoms with van der Waals surface area (Å²) in [4.78, 5) is 25.5. The summed E-state index contributed by atoms with van der Waals surface area (Å²) in [5.74, 6) is 0.673. The molecule has 1 atom stereocenters. The van der Waals surface area contributed by atoms with Gasteiger partial charge in [-0.15, -0.1) is 0 Å². The molecule has 1 aliphatic heterocycles. The lowest BCUT2D eigenvalue weighted by Crippen LogP contribution is -2.24. The summed E-state index contributed by atoms with van der Waals surface area (Å²) < 4.78 is 12.1. The van der Waals surface area contributed by atoms with Crippen LogP contribution < -0.4 is 15.4 Å². The van der Waals surface area contributed by atoms with Gasteiger partial charge in [-0.2, -0.15) is 5.10 Å². The quantitative estimate of drug-likeness (QED) is 0.558. The van der Waals surface area contributed by atoms with Crippen LogP contribution in [-0.2, 0) is 20.9 Å². The summed E-state index contributed by atoms with van der Waals surface area (Å²) >= 11 is 6.04. The van der Waals surface area contributed by atoms with E-state index in [1.807, 2.05) is 37.3 Å². The minimum atomic E-state index is -0.771. The van der Waals surface area contributed by atoms with Crippen LogP contribution in [0.1, 0.15) is 23.7 Å². The molecule has 0 fully saturated rings. The monoisotopic (exact) mass is 454 g/mol. The van der Waals surface area contributed by atoms with Gasteiger partial charge in [0.15, 0.2) is 0 Å². The van der Waals surface area contributed by atoms with Gasteiger partial charge in [0, 0.05) is 23.4 Å². The number of fused-ring (bicyclic) bond motifs is 1. The fourth-order valence-corrected chi connectivity index (χ4v) is 3.89. The third-order valence-corrected chi connectivity index (χ3v) is 5.57. The fourth-order valence-electron chi connectivity index (χ4n) is 3.72. The number of carbonyl (C=O) groups is 2. The minimum Gasteiger partial charge on any atom is -0.497 e. The Morgan fingerprint density at radius 1 is 1.22 bits per heavy atom. The Morgan fingerprint density at radius 2 is 1.97 bits per heavy atom. The summed E-state index contributed by atoms with van der Waals surface area (Å²) in [5.41, 5.74) is 3.78. The van der Waals surface area contributed by atoms with Crippen molar-refractivity contribution in [2.75, 3.05) is 24.9 Å². The normalized spacial score (nSPS) is 14.8. The van der Waals surface area contributed by atoms with Crippen LogP contribution in [0.2, 0.25) is 5.02 Å². The van der Waals surface area contributed by atoms with Gasteiger partial charge in [0.1, 0.15) is 17.6 Å². The molecule has 2 N–H and O–H groups in total. The first-order valence-electron chi connectivity index (χ1n) is 10.0. The predicted molar refractivity (Wildman–Crippen MR) is 122 cm³/mol. The van der Waals surface area contributed by atoms with Gasteiger partial charge in [-0.25, -0.2) is 4.68 Å². The van der Waals surface area contributed by atoms with E-state index in [1.165, 1.54) is 0 Å². The van der Waals surface area contributed by atoms with Crippen molar-refractivity contribution < 1.29 is 19.1 Å². The number of methoxy groups -OCH3 is 2. The number of hydrogen-bond donors (Lipinski definition) is 2. The van der Waals surface area contributed by atoms with E-state index in [2.05, 4.69) is 15.7 Å². The van der Waals surface area contributed by atoms with Crippen molar-refractivity contribution in [3.8, 4) is 16.9 Å². The van der Waals surface area contributed by atoms with Crippen LogP contribution in [0, 0.1) is 6.92 Å². The molecule has 8 nitrogen and oxygen atoms in total. The number of nitrogens with zero attached hydrogens (tertiary/aromatic N) is 2. The zero-order valence-electron chi connectivity index (χ0n) is 17.9. The third kappa shape index (κ3) is 4.19. The van der Waals surface area contributed by atoms with Crippen LogP contribution in [0.4, 0.5) is 11.5 Å². The molecule has 0 bridgehead atoms. The molecule has 2 aromatic carbocycles. The Bertz CT molecular complexity index is 1170. The van der Waals surface area contributed by atoms with Gasteiger partial charge >= 0.3 is 0 Å². The molecule has 9 heteroatoms. The number of halogens is 1. The molecule has 32 heavy (non-hydrogen) atoms. The Labute approximate surface area is 190 Å². The number of rotatable bonds is 7. The second kappa shape index (κ2) is 9.02. The van der Waals surface area contributed by atoms with E-state index in [4.69, 9.17) is 21.1 Å². The van der Waals surface area contributed by atoms with Crippen LogP contribution >= 0.6 is 11.6 Å². The summed E-state index contributed by atoms with van der Waals surface area (Å²) in [7, 11) is 3.18. The number of amides is 2. The molecule has 0 aliphatic carbocycles. The number of aryl methyl sites for hydroxylation is 1. The maximum Gasteiger partial charge on any atom is 0.251 e. The molecule has 2 heterocycles. The second-order valence-electron chi connectivity index (χ2n) is 7.49. The van der Waals surface area contributed by atoms with Gasteiger partial charge < -0.3 is 20.1 Å². The zero-order valence-corrected chi connectivity index (χ0v) is 18.7. The molecule has 0 radical (unpaired) electrons. The average Bonchev–Trinajstić information content (AvgIpc) is 3.26. The predicted octanol–water partition coefficient (Wildman–Crippen LogP) is 4.19. The minimum absolute atomic E-state index is 0.0685. The number of ether oxygens (including phenoxy) is 2. The highest BCUT2D eigenvalue weighted by Crippen LogP contribution is 2.39. The van der Waals surface area contributed by atoms with Crippen molar-refractivity contribution in [1.29, 1.82) is 0 Å². The molecule has 2 amide bonds. The largest absolute Gasteiger partial charge is 0.497 e. The molecule has 1 aliphatic rings. The Hall–Kier alpha value is -3.36. The Morgan fingerprint density at radius 3 is 2.66 bits per heavy atom. The first kappa shape index (κ1) is 21.9. The topological polar surface area (TPSA) is 94.5 Å². The molecule has 4 rings (SSSR count). The van der Waals surface area contributed by atoms with Crippen molar-refractivity contribution >= 4 is 34.9 Å². The molecule has 166 valence electrons. The third-order valence-electron chi connectivity index (χ3n) is 5.33. The molecule has 0 saturated carbocycles. The second-order valence-corrected chi connectivity index (χ2v) is 7.93. The fraction of sp³-hybridized carbons (Fsp3) is 0.261. The number of anilines is 2. The van der Waals surface area contributed by atoms with Crippen LogP contribution in [-0.4, -0.2) is 35.8 Å². The molecule has 3 aromatic rings. The standard InChI is InChI=1S/C23H23ClN4O4/c1-13-4-7-15(24)10-17(13)25-20(29)11-19-23(30)26-22-21(18(12-31-2)27-28(19)22)14-5-8-16(32-3)9-6-14/h4-10,19H,11-12H2,1-3H3,(H,25,29)(H,26,30). The van der Waals surface area contributed by atoms with Gasteiger partial charge in [-0.1, -0.05) is 29.8 Å². The highest BCUT2D eigenvalue weighted by molar-refractivity contribution is 6.31. The van der Waals surface area contributed by atoms with Gasteiger partial charge in [0.05, 0.1) is 25.8 Å². The average molecular weight is 455 g/mol. The summed E-state index contributed by atoms with van der Waals surface area (Å²) in [6, 6.07) is 12.0. The van der Waals surface area contributed by atoms with Gasteiger partial charge in [0.25, 0.3) is 5.91 Å². The first-order chi connectivity index (χ1) is 15.4. The Balaban J connectivity index is 1.62. The van der Waals surface area contributed by atoms with E-state index >= 15 is 0 Å². The van der Waals surface area contributed by atoms with E-state index in [0.717, 1.165) is 22.4 Å². The van der Waals surface area contributed by atoms with E-state index < -0.39 is 6.04 Å². The van der Waals surface area contributed by atoms with Crippen molar-refractivity contribution in [2.24, 2.45) is 0 Å². The summed E-state index contributed by atoms with van der Waals surface area (Å²) in [6.07, 6.45) is -0.0685. The molecule has 1 unspecified atom stereocenters. The lowest BCUT2D eigenvalue weighted by atomic mass is 10.1. The SMILES string of the molecule is COCc1nn2c(c1-c1ccc(OC)cc1)NC(=O)C2CC(=O)Nc1cc(Cl)ccc1C. The van der Waals surface area contributed by atoms with Crippen molar-refractivity contribution in [3.63, 3.8) is 0 Å². The van der Waals surface area contributed by atoms with Crippen LogP contribution in [0.15, 0.2) is 42.5 Å². The van der Waals surface area contributed by atoms with Gasteiger partial charge in [-0.05, 0) is 42.3 Å². The highest BCUT2D eigenvalue weighted by Gasteiger charge is 2.37. The smallest absolute Gasteiger partial charge is 0.251 e. The number of nitrogens with one attached hydrogen (secondary N) is 2. The van der Waals surface area contributed by atoms with E-state index in [0.29, 0.717) is 22.2 Å². The molecule has 1 aromatic heterocycles. The lowest BCUT2D eigenvalue weighted by molar-refractivity contribution is -0.123. The number of benzene rings is 2. The number of carbonyl (C=O) groups excluding carboxylic acids is 2. The van der Waals surface area contributed by atoms with Gasteiger partial charge in [-0.3, -0.25) is 9.59 Å². The van der Waals surface area contributed by atoms with Crippen molar-refractivity contribution in [1.82, 2.24) is 9.78 Å². The maximum absolute atomic E-state index is 12.7. The highest BCUT2D eigenvalue weighted by atomic mass is 35.5. The van der Waals surface area contributed by atoms with Gasteiger partial charge in [0.2, 0.25) is 5.91 Å². The maximum atomic E-state index is 12.7.